The van der Waals surface area contributed by atoms with Gasteiger partial charge in [-0.25, -0.2) is 0 Å². The van der Waals surface area contributed by atoms with Crippen molar-refractivity contribution in [2.45, 2.75) is 6.92 Å². The van der Waals surface area contributed by atoms with Gasteiger partial charge in [0, 0.05) is 21.4 Å². The standard InChI is InChI=1S/C14H13BrN2S/c1-9-6-11(15)8-13(7-9)17-12-4-2-10(3-5-12)14(16)18/h2-8,17H,1H3,(H2,16,18). The van der Waals surface area contributed by atoms with Crippen molar-refractivity contribution in [2.75, 3.05) is 5.32 Å². The van der Waals surface area contributed by atoms with E-state index < -0.39 is 0 Å². The number of halogens is 1. The van der Waals surface area contributed by atoms with Gasteiger partial charge < -0.3 is 11.1 Å². The molecule has 2 aromatic rings. The molecule has 18 heavy (non-hydrogen) atoms. The van der Waals surface area contributed by atoms with Gasteiger partial charge in [0.25, 0.3) is 0 Å². The molecule has 0 aromatic heterocycles. The molecule has 3 N–H and O–H groups in total. The van der Waals surface area contributed by atoms with Crippen LogP contribution in [0.3, 0.4) is 0 Å². The molecule has 2 aromatic carbocycles. The first kappa shape index (κ1) is 13.1. The molecule has 0 heterocycles. The lowest BCUT2D eigenvalue weighted by atomic mass is 10.2. The Bertz CT molecular complexity index is 559. The van der Waals surface area contributed by atoms with E-state index in [1.165, 1.54) is 5.56 Å². The zero-order valence-electron chi connectivity index (χ0n) is 9.91. The Morgan fingerprint density at radius 2 is 1.78 bits per heavy atom. The van der Waals surface area contributed by atoms with Gasteiger partial charge >= 0.3 is 0 Å². The number of hydrogen-bond acceptors (Lipinski definition) is 2. The molecule has 0 amide bonds. The van der Waals surface area contributed by atoms with Crippen molar-refractivity contribution >= 4 is 44.5 Å². The van der Waals surface area contributed by atoms with E-state index in [1.807, 2.05) is 30.3 Å². The topological polar surface area (TPSA) is 38.0 Å². The van der Waals surface area contributed by atoms with E-state index in [-0.39, 0.29) is 0 Å². The van der Waals surface area contributed by atoms with E-state index in [1.54, 1.807) is 0 Å². The molecule has 0 bridgehead atoms. The third kappa shape index (κ3) is 3.31. The highest BCUT2D eigenvalue weighted by molar-refractivity contribution is 9.10. The highest BCUT2D eigenvalue weighted by atomic mass is 79.9. The lowest BCUT2D eigenvalue weighted by Gasteiger charge is -2.08. The predicted octanol–water partition coefficient (Wildman–Crippen LogP) is 4.14. The summed E-state index contributed by atoms with van der Waals surface area (Å²) in [5.74, 6) is 0. The van der Waals surface area contributed by atoms with Gasteiger partial charge in [0.05, 0.1) is 0 Å². The molecule has 2 nitrogen and oxygen atoms in total. The quantitative estimate of drug-likeness (QED) is 0.835. The van der Waals surface area contributed by atoms with Gasteiger partial charge in [-0.1, -0.05) is 28.1 Å². The zero-order chi connectivity index (χ0) is 13.1. The highest BCUT2D eigenvalue weighted by Gasteiger charge is 1.99. The van der Waals surface area contributed by atoms with E-state index in [4.69, 9.17) is 18.0 Å². The fourth-order valence-electron chi connectivity index (χ4n) is 1.69. The Balaban J connectivity index is 2.20. The number of benzene rings is 2. The van der Waals surface area contributed by atoms with Crippen LogP contribution < -0.4 is 11.1 Å². The monoisotopic (exact) mass is 320 g/mol. The van der Waals surface area contributed by atoms with Crippen LogP contribution in [0.4, 0.5) is 11.4 Å². The molecule has 0 spiro atoms. The van der Waals surface area contributed by atoms with Gasteiger partial charge in [-0.3, -0.25) is 0 Å². The normalized spacial score (nSPS) is 10.1. The third-order valence-corrected chi connectivity index (χ3v) is 3.19. The molecular formula is C14H13BrN2S. The Morgan fingerprint density at radius 1 is 1.11 bits per heavy atom. The van der Waals surface area contributed by atoms with E-state index >= 15 is 0 Å². The van der Waals surface area contributed by atoms with Crippen LogP contribution in [0.25, 0.3) is 0 Å². The minimum absolute atomic E-state index is 0.417. The summed E-state index contributed by atoms with van der Waals surface area (Å²) < 4.78 is 1.06. The van der Waals surface area contributed by atoms with Gasteiger partial charge in [-0.2, -0.15) is 0 Å². The van der Waals surface area contributed by atoms with Crippen LogP contribution in [0.1, 0.15) is 11.1 Å². The summed E-state index contributed by atoms with van der Waals surface area (Å²) in [5.41, 5.74) is 9.69. The lowest BCUT2D eigenvalue weighted by molar-refractivity contribution is 1.43. The van der Waals surface area contributed by atoms with Gasteiger partial charge in [-0.05, 0) is 55.0 Å². The fraction of sp³-hybridized carbons (Fsp3) is 0.0714. The summed E-state index contributed by atoms with van der Waals surface area (Å²) in [6.07, 6.45) is 0. The molecule has 0 saturated carbocycles. The van der Waals surface area contributed by atoms with Crippen molar-refractivity contribution in [1.82, 2.24) is 0 Å². The first-order valence-electron chi connectivity index (χ1n) is 5.49. The molecule has 0 radical (unpaired) electrons. The van der Waals surface area contributed by atoms with Crippen LogP contribution in [0.2, 0.25) is 0 Å². The molecule has 0 aliphatic heterocycles. The van der Waals surface area contributed by atoms with Gasteiger partial charge in [0.1, 0.15) is 4.99 Å². The summed E-state index contributed by atoms with van der Waals surface area (Å²) >= 11 is 8.40. The summed E-state index contributed by atoms with van der Waals surface area (Å²) in [4.78, 5) is 0.417. The van der Waals surface area contributed by atoms with E-state index in [0.29, 0.717) is 4.99 Å². The first-order valence-corrected chi connectivity index (χ1v) is 6.69. The Hall–Kier alpha value is -1.39. The van der Waals surface area contributed by atoms with Crippen molar-refractivity contribution in [3.05, 3.63) is 58.1 Å². The van der Waals surface area contributed by atoms with Crippen LogP contribution in [0.15, 0.2) is 46.9 Å². The second-order valence-electron chi connectivity index (χ2n) is 4.08. The van der Waals surface area contributed by atoms with Crippen LogP contribution in [-0.4, -0.2) is 4.99 Å². The van der Waals surface area contributed by atoms with Crippen molar-refractivity contribution in [3.63, 3.8) is 0 Å². The zero-order valence-corrected chi connectivity index (χ0v) is 12.3. The molecule has 0 aliphatic carbocycles. The Kier molecular flexibility index (Phi) is 3.99. The predicted molar refractivity (Wildman–Crippen MR) is 84.5 cm³/mol. The molecule has 4 heteroatoms. The largest absolute Gasteiger partial charge is 0.389 e. The summed E-state index contributed by atoms with van der Waals surface area (Å²) in [5, 5.41) is 3.34. The van der Waals surface area contributed by atoms with E-state index in [2.05, 4.69) is 40.3 Å². The molecule has 92 valence electrons. The average Bonchev–Trinajstić information content (AvgIpc) is 2.28. The highest BCUT2D eigenvalue weighted by Crippen LogP contribution is 2.22. The molecule has 0 saturated heterocycles. The lowest BCUT2D eigenvalue weighted by Crippen LogP contribution is -2.08. The molecule has 2 rings (SSSR count). The maximum Gasteiger partial charge on any atom is 0.103 e. The Labute approximate surface area is 120 Å². The second-order valence-corrected chi connectivity index (χ2v) is 5.44. The van der Waals surface area contributed by atoms with Crippen molar-refractivity contribution in [2.24, 2.45) is 5.73 Å². The van der Waals surface area contributed by atoms with Crippen LogP contribution in [0, 0.1) is 6.92 Å². The van der Waals surface area contributed by atoms with E-state index in [0.717, 1.165) is 21.4 Å². The van der Waals surface area contributed by atoms with Gasteiger partial charge in [-0.15, -0.1) is 0 Å². The smallest absolute Gasteiger partial charge is 0.103 e. The molecular weight excluding hydrogens is 308 g/mol. The summed E-state index contributed by atoms with van der Waals surface area (Å²) in [6, 6.07) is 13.9. The number of nitrogens with two attached hydrogens (primary N) is 1. The minimum atomic E-state index is 0.417. The summed E-state index contributed by atoms with van der Waals surface area (Å²) in [7, 11) is 0. The van der Waals surface area contributed by atoms with Crippen LogP contribution >= 0.6 is 28.1 Å². The average molecular weight is 321 g/mol. The SMILES string of the molecule is Cc1cc(Br)cc(Nc2ccc(C(N)=S)cc2)c1. The number of nitrogens with one attached hydrogen (secondary N) is 1. The number of thiocarbonyl (C=S) groups is 1. The van der Waals surface area contributed by atoms with Crippen LogP contribution in [0.5, 0.6) is 0 Å². The number of aryl methyl sites for hydroxylation is 1. The molecule has 0 fully saturated rings. The number of anilines is 2. The van der Waals surface area contributed by atoms with Crippen molar-refractivity contribution in [3.8, 4) is 0 Å². The summed E-state index contributed by atoms with van der Waals surface area (Å²) in [6.45, 7) is 2.06. The third-order valence-electron chi connectivity index (χ3n) is 2.50. The van der Waals surface area contributed by atoms with Crippen molar-refractivity contribution < 1.29 is 0 Å². The number of rotatable bonds is 3. The maximum absolute atomic E-state index is 5.56. The maximum atomic E-state index is 5.56. The number of hydrogen-bond donors (Lipinski definition) is 2. The minimum Gasteiger partial charge on any atom is -0.389 e. The first-order chi connectivity index (χ1) is 8.54. The van der Waals surface area contributed by atoms with Crippen LogP contribution in [-0.2, 0) is 0 Å². The Morgan fingerprint density at radius 3 is 2.33 bits per heavy atom. The molecule has 0 aliphatic rings. The van der Waals surface area contributed by atoms with E-state index in [9.17, 15) is 0 Å². The van der Waals surface area contributed by atoms with Gasteiger partial charge in [0.15, 0.2) is 0 Å². The fourth-order valence-corrected chi connectivity index (χ4v) is 2.44. The molecule has 0 unspecified atom stereocenters. The second kappa shape index (κ2) is 5.50. The van der Waals surface area contributed by atoms with Crippen molar-refractivity contribution in [1.29, 1.82) is 0 Å². The molecule has 0 atom stereocenters. The van der Waals surface area contributed by atoms with Gasteiger partial charge in [0.2, 0.25) is 0 Å².